The number of nitro benzene ring substituents is 1. The molecule has 172 valence electrons. The monoisotopic (exact) mass is 449 g/mol. The number of carbonyl (C=O) groups is 3. The maximum atomic E-state index is 12.4. The second kappa shape index (κ2) is 11.9. The van der Waals surface area contributed by atoms with E-state index in [1.807, 2.05) is 0 Å². The standard InChI is InChI=1S/C20H23N3O9/c1-5-22(6-2)19(26)14(11-21)8-13-9-15(23(28)29)18(25)16(10-13)32-20(27)31-12(3)7-17(24)30-4/h8-10,12,25H,5-7H2,1-4H3/b14-8+. The summed E-state index contributed by atoms with van der Waals surface area (Å²) in [5, 5.41) is 30.7. The predicted molar refractivity (Wildman–Crippen MR) is 109 cm³/mol. The molecule has 0 aromatic heterocycles. The van der Waals surface area contributed by atoms with Crippen LogP contribution in [0.3, 0.4) is 0 Å². The van der Waals surface area contributed by atoms with Crippen LogP contribution in [0.15, 0.2) is 17.7 Å². The average Bonchev–Trinajstić information content (AvgIpc) is 2.74. The molecule has 0 heterocycles. The van der Waals surface area contributed by atoms with Gasteiger partial charge in [-0.2, -0.15) is 5.26 Å². The fourth-order valence-electron chi connectivity index (χ4n) is 2.54. The number of ether oxygens (including phenoxy) is 3. The van der Waals surface area contributed by atoms with Crippen molar-refractivity contribution in [2.75, 3.05) is 20.2 Å². The van der Waals surface area contributed by atoms with Crippen LogP contribution in [0.1, 0.15) is 32.8 Å². The highest BCUT2D eigenvalue weighted by molar-refractivity contribution is 6.01. The van der Waals surface area contributed by atoms with Gasteiger partial charge in [-0.1, -0.05) is 0 Å². The number of phenolic OH excluding ortho intramolecular Hbond substituents is 1. The summed E-state index contributed by atoms with van der Waals surface area (Å²) in [5.41, 5.74) is -1.18. The van der Waals surface area contributed by atoms with E-state index in [9.17, 15) is 34.9 Å². The molecule has 0 saturated carbocycles. The first-order valence-corrected chi connectivity index (χ1v) is 9.45. The van der Waals surface area contributed by atoms with Crippen molar-refractivity contribution < 1.29 is 38.6 Å². The third kappa shape index (κ3) is 6.98. The van der Waals surface area contributed by atoms with Crippen molar-refractivity contribution in [1.29, 1.82) is 5.26 Å². The van der Waals surface area contributed by atoms with Gasteiger partial charge in [0.2, 0.25) is 5.75 Å². The van der Waals surface area contributed by atoms with E-state index in [0.717, 1.165) is 25.3 Å². The van der Waals surface area contributed by atoms with Gasteiger partial charge in [-0.05, 0) is 38.5 Å². The second-order valence-electron chi connectivity index (χ2n) is 6.35. The molecular weight excluding hydrogens is 426 g/mol. The van der Waals surface area contributed by atoms with Gasteiger partial charge in [0.05, 0.1) is 18.5 Å². The van der Waals surface area contributed by atoms with Crippen molar-refractivity contribution in [3.63, 3.8) is 0 Å². The number of amides is 1. The fourth-order valence-corrected chi connectivity index (χ4v) is 2.54. The molecule has 12 nitrogen and oxygen atoms in total. The van der Waals surface area contributed by atoms with Crippen molar-refractivity contribution in [3.8, 4) is 17.6 Å². The summed E-state index contributed by atoms with van der Waals surface area (Å²) < 4.78 is 14.2. The van der Waals surface area contributed by atoms with Gasteiger partial charge in [0.1, 0.15) is 17.7 Å². The second-order valence-corrected chi connectivity index (χ2v) is 6.35. The van der Waals surface area contributed by atoms with E-state index in [4.69, 9.17) is 9.47 Å². The minimum atomic E-state index is -1.34. The van der Waals surface area contributed by atoms with Crippen LogP contribution in [0.25, 0.3) is 6.08 Å². The number of likely N-dealkylation sites (N-methyl/N-ethyl adjacent to an activating group) is 1. The number of nitriles is 1. The first kappa shape index (κ1) is 25.9. The van der Waals surface area contributed by atoms with Crippen molar-refractivity contribution in [2.24, 2.45) is 0 Å². The van der Waals surface area contributed by atoms with E-state index in [-0.39, 0.29) is 17.6 Å². The Bertz CT molecular complexity index is 962. The largest absolute Gasteiger partial charge is 0.514 e. The molecule has 1 amide bonds. The number of hydrogen-bond acceptors (Lipinski definition) is 10. The summed E-state index contributed by atoms with van der Waals surface area (Å²) in [7, 11) is 1.16. The Morgan fingerprint density at radius 3 is 2.44 bits per heavy atom. The van der Waals surface area contributed by atoms with Crippen LogP contribution < -0.4 is 4.74 Å². The van der Waals surface area contributed by atoms with Crippen LogP contribution >= 0.6 is 0 Å². The summed E-state index contributed by atoms with van der Waals surface area (Å²) in [6.07, 6.45) is -1.47. The highest BCUT2D eigenvalue weighted by atomic mass is 16.7. The molecule has 0 aliphatic carbocycles. The first-order chi connectivity index (χ1) is 15.1. The Balaban J connectivity index is 3.29. The maximum Gasteiger partial charge on any atom is 0.514 e. The van der Waals surface area contributed by atoms with E-state index < -0.39 is 46.2 Å². The van der Waals surface area contributed by atoms with Gasteiger partial charge in [0.25, 0.3) is 5.91 Å². The Kier molecular flexibility index (Phi) is 9.63. The lowest BCUT2D eigenvalue weighted by molar-refractivity contribution is -0.385. The van der Waals surface area contributed by atoms with E-state index in [0.29, 0.717) is 13.1 Å². The molecule has 0 radical (unpaired) electrons. The quantitative estimate of drug-likeness (QED) is 0.148. The number of esters is 1. The van der Waals surface area contributed by atoms with Crippen molar-refractivity contribution in [1.82, 2.24) is 4.90 Å². The minimum absolute atomic E-state index is 0.0445. The van der Waals surface area contributed by atoms with E-state index in [1.165, 1.54) is 11.8 Å². The molecule has 0 fully saturated rings. The lowest BCUT2D eigenvalue weighted by Crippen LogP contribution is -2.31. The molecule has 1 aromatic rings. The lowest BCUT2D eigenvalue weighted by atomic mass is 10.1. The third-order valence-electron chi connectivity index (χ3n) is 4.16. The van der Waals surface area contributed by atoms with Crippen LogP contribution in [0.4, 0.5) is 10.5 Å². The molecule has 1 rings (SSSR count). The van der Waals surface area contributed by atoms with Crippen molar-refractivity contribution in [3.05, 3.63) is 33.4 Å². The molecule has 0 aliphatic heterocycles. The van der Waals surface area contributed by atoms with E-state index >= 15 is 0 Å². The van der Waals surface area contributed by atoms with Crippen LogP contribution in [0.2, 0.25) is 0 Å². The van der Waals surface area contributed by atoms with Crippen molar-refractivity contribution in [2.45, 2.75) is 33.3 Å². The molecule has 1 atom stereocenters. The number of carbonyl (C=O) groups excluding carboxylic acids is 3. The van der Waals surface area contributed by atoms with Crippen LogP contribution in [0, 0.1) is 21.4 Å². The van der Waals surface area contributed by atoms with Gasteiger partial charge in [-0.25, -0.2) is 4.79 Å². The zero-order chi connectivity index (χ0) is 24.4. The van der Waals surface area contributed by atoms with E-state index in [1.54, 1.807) is 19.9 Å². The lowest BCUT2D eigenvalue weighted by Gasteiger charge is -2.17. The Labute approximate surface area is 183 Å². The summed E-state index contributed by atoms with van der Waals surface area (Å²) in [6.45, 7) is 5.51. The Morgan fingerprint density at radius 2 is 1.94 bits per heavy atom. The highest BCUT2D eigenvalue weighted by Crippen LogP contribution is 2.38. The topological polar surface area (TPSA) is 169 Å². The molecule has 1 aromatic carbocycles. The molecule has 0 saturated heterocycles. The zero-order valence-corrected chi connectivity index (χ0v) is 18.0. The molecular formula is C20H23N3O9. The molecule has 0 aliphatic rings. The molecule has 1 unspecified atom stereocenters. The summed E-state index contributed by atoms with van der Waals surface area (Å²) in [4.78, 5) is 47.4. The molecule has 0 spiro atoms. The zero-order valence-electron chi connectivity index (χ0n) is 18.0. The van der Waals surface area contributed by atoms with Crippen LogP contribution in [-0.2, 0) is 19.1 Å². The number of methoxy groups -OCH3 is 1. The van der Waals surface area contributed by atoms with Crippen LogP contribution in [-0.4, -0.2) is 59.3 Å². The number of phenols is 1. The highest BCUT2D eigenvalue weighted by Gasteiger charge is 2.24. The molecule has 12 heteroatoms. The third-order valence-corrected chi connectivity index (χ3v) is 4.16. The smallest absolute Gasteiger partial charge is 0.499 e. The van der Waals surface area contributed by atoms with Gasteiger partial charge >= 0.3 is 17.8 Å². The normalized spacial score (nSPS) is 11.7. The van der Waals surface area contributed by atoms with Crippen molar-refractivity contribution >= 4 is 29.8 Å². The Morgan fingerprint density at radius 1 is 1.31 bits per heavy atom. The average molecular weight is 449 g/mol. The minimum Gasteiger partial charge on any atom is -0.499 e. The maximum absolute atomic E-state index is 12.4. The Hall–Kier alpha value is -4.14. The number of nitrogens with zero attached hydrogens (tertiary/aromatic N) is 3. The van der Waals surface area contributed by atoms with Crippen LogP contribution in [0.5, 0.6) is 11.5 Å². The number of hydrogen-bond donors (Lipinski definition) is 1. The predicted octanol–water partition coefficient (Wildman–Crippen LogP) is 2.54. The number of nitro groups is 1. The molecule has 0 bridgehead atoms. The molecule has 1 N–H and O–H groups in total. The number of rotatable bonds is 9. The van der Waals surface area contributed by atoms with Gasteiger partial charge in [-0.3, -0.25) is 19.7 Å². The van der Waals surface area contributed by atoms with Gasteiger partial charge in [0, 0.05) is 19.2 Å². The summed E-state index contributed by atoms with van der Waals surface area (Å²) >= 11 is 0. The molecule has 32 heavy (non-hydrogen) atoms. The first-order valence-electron chi connectivity index (χ1n) is 9.45. The number of benzene rings is 1. The van der Waals surface area contributed by atoms with Gasteiger partial charge in [-0.15, -0.1) is 0 Å². The summed E-state index contributed by atoms with van der Waals surface area (Å²) in [5.74, 6) is -2.82. The fraction of sp³-hybridized carbons (Fsp3) is 0.400. The van der Waals surface area contributed by atoms with Gasteiger partial charge in [0.15, 0.2) is 5.75 Å². The SMILES string of the molecule is CCN(CC)C(=O)/C(C#N)=C/c1cc(OC(=O)OC(C)CC(=O)OC)c(O)c([N+](=O)[O-])c1. The number of aromatic hydroxyl groups is 1. The van der Waals surface area contributed by atoms with E-state index in [2.05, 4.69) is 4.74 Å². The van der Waals surface area contributed by atoms with Gasteiger partial charge < -0.3 is 24.2 Å². The summed E-state index contributed by atoms with van der Waals surface area (Å²) in [6, 6.07) is 3.68.